The summed E-state index contributed by atoms with van der Waals surface area (Å²) in [5, 5.41) is 17.8. The largest absolute Gasteiger partial charge is 0.453 e. The second kappa shape index (κ2) is 9.03. The zero-order valence-electron chi connectivity index (χ0n) is 20.0. The number of ether oxygens (including phenoxy) is 2. The maximum Gasteiger partial charge on any atom is 0.433 e. The third kappa shape index (κ3) is 4.16. The number of rotatable bonds is 5. The Morgan fingerprint density at radius 2 is 2.03 bits per heavy atom. The van der Waals surface area contributed by atoms with Gasteiger partial charge in [-0.25, -0.2) is 9.97 Å². The van der Waals surface area contributed by atoms with E-state index in [0.717, 1.165) is 16.1 Å². The molecule has 194 valence electrons. The minimum absolute atomic E-state index is 0.0249. The first kappa shape index (κ1) is 23.7. The quantitative estimate of drug-likeness (QED) is 0.335. The molecule has 0 spiro atoms. The van der Waals surface area contributed by atoms with Gasteiger partial charge < -0.3 is 24.3 Å². The van der Waals surface area contributed by atoms with Crippen molar-refractivity contribution in [3.63, 3.8) is 0 Å². The summed E-state index contributed by atoms with van der Waals surface area (Å²) in [6.45, 7) is 0.745. The van der Waals surface area contributed by atoms with E-state index in [0.29, 0.717) is 43.0 Å². The lowest BCUT2D eigenvalue weighted by Gasteiger charge is -2.24. The molecule has 14 heteroatoms. The van der Waals surface area contributed by atoms with E-state index in [2.05, 4.69) is 36.4 Å². The maximum absolute atomic E-state index is 13.8. The van der Waals surface area contributed by atoms with Crippen molar-refractivity contribution in [2.24, 2.45) is 7.05 Å². The topological polar surface area (TPSA) is 131 Å². The van der Waals surface area contributed by atoms with Gasteiger partial charge >= 0.3 is 6.18 Å². The number of alkyl halides is 3. The monoisotopic (exact) mass is 523 g/mol. The van der Waals surface area contributed by atoms with Crippen LogP contribution in [-0.4, -0.2) is 47.5 Å². The van der Waals surface area contributed by atoms with E-state index in [1.807, 2.05) is 6.07 Å². The fourth-order valence-corrected chi connectivity index (χ4v) is 4.54. The average molecular weight is 523 g/mol. The minimum atomic E-state index is -4.59. The van der Waals surface area contributed by atoms with Crippen molar-refractivity contribution >= 4 is 34.0 Å². The molecule has 11 nitrogen and oxygen atoms in total. The highest BCUT2D eigenvalue weighted by Crippen LogP contribution is 2.36. The number of aromatic nitrogens is 7. The Morgan fingerprint density at radius 1 is 1.21 bits per heavy atom. The summed E-state index contributed by atoms with van der Waals surface area (Å²) >= 11 is 0. The van der Waals surface area contributed by atoms with Crippen LogP contribution in [0.1, 0.15) is 30.1 Å². The number of imidazole rings is 1. The van der Waals surface area contributed by atoms with Crippen LogP contribution in [0.25, 0.3) is 22.2 Å². The van der Waals surface area contributed by atoms with E-state index < -0.39 is 17.9 Å². The highest BCUT2D eigenvalue weighted by atomic mass is 19.4. The molecule has 0 amide bonds. The summed E-state index contributed by atoms with van der Waals surface area (Å²) in [5.74, 6) is 0.744. The summed E-state index contributed by atoms with van der Waals surface area (Å²) in [6, 6.07) is 6.26. The van der Waals surface area contributed by atoms with E-state index in [4.69, 9.17) is 9.47 Å². The summed E-state index contributed by atoms with van der Waals surface area (Å²) < 4.78 is 55.1. The number of nitriles is 1. The number of nitrogens with one attached hydrogen (secondary N) is 2. The Balaban J connectivity index is 1.34. The number of anilines is 2. The maximum atomic E-state index is 13.8. The van der Waals surface area contributed by atoms with E-state index in [9.17, 15) is 18.4 Å². The van der Waals surface area contributed by atoms with Crippen molar-refractivity contribution in [3.05, 3.63) is 48.0 Å². The number of hydrogen-bond donors (Lipinski definition) is 2. The minimum Gasteiger partial charge on any atom is -0.453 e. The zero-order chi connectivity index (χ0) is 26.4. The Bertz CT molecular complexity index is 1690. The van der Waals surface area contributed by atoms with Gasteiger partial charge in [0.05, 0.1) is 18.4 Å². The normalized spacial score (nSPS) is 14.7. The van der Waals surface area contributed by atoms with Crippen LogP contribution in [0.5, 0.6) is 11.5 Å². The van der Waals surface area contributed by atoms with Crippen LogP contribution in [0, 0.1) is 11.3 Å². The molecule has 5 aromatic rings. The SMILES string of the molecule is Cn1c(Nc2cc(C(F)(F)F)n(C3CCOCC3)n2)nc2ncc(Oc3cnc4[nH]ccc4c3)c(C#N)c21. The van der Waals surface area contributed by atoms with Gasteiger partial charge in [0.25, 0.3) is 0 Å². The molecule has 0 unspecified atom stereocenters. The van der Waals surface area contributed by atoms with Crippen LogP contribution in [0.2, 0.25) is 0 Å². The molecule has 1 aliphatic heterocycles. The lowest BCUT2D eigenvalue weighted by molar-refractivity contribution is -0.145. The number of halogens is 3. The fraction of sp³-hybridized carbons (Fsp3) is 0.292. The average Bonchev–Trinajstić information content (AvgIpc) is 3.62. The van der Waals surface area contributed by atoms with Crippen LogP contribution in [0.15, 0.2) is 36.8 Å². The fourth-order valence-electron chi connectivity index (χ4n) is 4.54. The molecule has 5 aromatic heterocycles. The van der Waals surface area contributed by atoms with Gasteiger partial charge in [-0.3, -0.25) is 4.68 Å². The highest BCUT2D eigenvalue weighted by Gasteiger charge is 2.38. The van der Waals surface area contributed by atoms with Crippen molar-refractivity contribution in [3.8, 4) is 17.6 Å². The molecule has 0 saturated carbocycles. The summed E-state index contributed by atoms with van der Waals surface area (Å²) in [5.41, 5.74) is 0.573. The van der Waals surface area contributed by atoms with Crippen LogP contribution in [0.4, 0.5) is 24.9 Å². The molecule has 2 N–H and O–H groups in total. The van der Waals surface area contributed by atoms with Gasteiger partial charge in [-0.2, -0.15) is 28.5 Å². The number of H-pyrrole nitrogens is 1. The predicted octanol–water partition coefficient (Wildman–Crippen LogP) is 4.82. The number of aromatic amines is 1. The second-order valence-electron chi connectivity index (χ2n) is 8.79. The van der Waals surface area contributed by atoms with Gasteiger partial charge in [0.1, 0.15) is 34.2 Å². The number of nitrogens with zero attached hydrogens (tertiary/aromatic N) is 7. The van der Waals surface area contributed by atoms with Gasteiger partial charge in [0.15, 0.2) is 17.2 Å². The molecular formula is C24H20F3N9O2. The molecule has 0 radical (unpaired) electrons. The smallest absolute Gasteiger partial charge is 0.433 e. The van der Waals surface area contributed by atoms with Gasteiger partial charge in [-0.15, -0.1) is 0 Å². The van der Waals surface area contributed by atoms with Gasteiger partial charge in [0.2, 0.25) is 5.95 Å². The van der Waals surface area contributed by atoms with E-state index in [1.165, 1.54) is 17.0 Å². The number of fused-ring (bicyclic) bond motifs is 2. The lowest BCUT2D eigenvalue weighted by atomic mass is 10.1. The molecular weight excluding hydrogens is 503 g/mol. The predicted molar refractivity (Wildman–Crippen MR) is 129 cm³/mol. The molecule has 6 heterocycles. The Hall–Kier alpha value is -4.64. The molecule has 1 saturated heterocycles. The zero-order valence-corrected chi connectivity index (χ0v) is 20.0. The van der Waals surface area contributed by atoms with Crippen LogP contribution < -0.4 is 10.1 Å². The van der Waals surface area contributed by atoms with Crippen molar-refractivity contribution < 1.29 is 22.6 Å². The first-order valence-electron chi connectivity index (χ1n) is 11.7. The standard InChI is InChI=1S/C24H20F3N9O2/c1-35-20-16(10-28)17(38-15-8-13-2-5-29-21(13)30-11-15)12-31-22(20)33-23(35)32-19-9-18(24(25,26)27)36(34-19)14-3-6-37-7-4-14/h2,5,8-9,11-12,14H,3-4,6-7H2,1H3,(H,29,30)(H,31,32,33,34). The summed E-state index contributed by atoms with van der Waals surface area (Å²) in [4.78, 5) is 16.0. The molecule has 0 atom stereocenters. The first-order chi connectivity index (χ1) is 18.3. The molecule has 0 aromatic carbocycles. The van der Waals surface area contributed by atoms with Crippen LogP contribution in [-0.2, 0) is 18.0 Å². The van der Waals surface area contributed by atoms with Crippen molar-refractivity contribution in [1.29, 1.82) is 5.26 Å². The van der Waals surface area contributed by atoms with Gasteiger partial charge in [-0.05, 0) is 25.0 Å². The Kier molecular flexibility index (Phi) is 5.64. The molecule has 0 aliphatic carbocycles. The number of aryl methyl sites for hydroxylation is 1. The molecule has 1 fully saturated rings. The first-order valence-corrected chi connectivity index (χ1v) is 11.7. The highest BCUT2D eigenvalue weighted by molar-refractivity contribution is 5.84. The molecule has 0 bridgehead atoms. The molecule has 1 aliphatic rings. The second-order valence-corrected chi connectivity index (χ2v) is 8.79. The van der Waals surface area contributed by atoms with E-state index in [-0.39, 0.29) is 28.7 Å². The molecule has 38 heavy (non-hydrogen) atoms. The van der Waals surface area contributed by atoms with E-state index >= 15 is 0 Å². The van der Waals surface area contributed by atoms with Gasteiger partial charge in [0, 0.05) is 37.9 Å². The lowest BCUT2D eigenvalue weighted by Crippen LogP contribution is -2.25. The van der Waals surface area contributed by atoms with Crippen molar-refractivity contribution in [1.82, 2.24) is 34.3 Å². The van der Waals surface area contributed by atoms with E-state index in [1.54, 1.807) is 19.3 Å². The van der Waals surface area contributed by atoms with Crippen molar-refractivity contribution in [2.75, 3.05) is 18.5 Å². The van der Waals surface area contributed by atoms with Crippen molar-refractivity contribution in [2.45, 2.75) is 25.1 Å². The third-order valence-electron chi connectivity index (χ3n) is 6.38. The van der Waals surface area contributed by atoms with Crippen LogP contribution >= 0.6 is 0 Å². The molecule has 6 rings (SSSR count). The summed E-state index contributed by atoms with van der Waals surface area (Å²) in [6.07, 6.45) is 0.929. The third-order valence-corrected chi connectivity index (χ3v) is 6.38. The Labute approximate surface area is 212 Å². The Morgan fingerprint density at radius 3 is 2.79 bits per heavy atom. The van der Waals surface area contributed by atoms with Crippen LogP contribution in [0.3, 0.4) is 0 Å². The van der Waals surface area contributed by atoms with Gasteiger partial charge in [-0.1, -0.05) is 0 Å². The number of pyridine rings is 2. The summed E-state index contributed by atoms with van der Waals surface area (Å²) in [7, 11) is 1.62. The number of hydrogen-bond acceptors (Lipinski definition) is 8.